The van der Waals surface area contributed by atoms with Gasteiger partial charge in [-0.05, 0) is 24.8 Å². The zero-order valence-electron chi connectivity index (χ0n) is 8.39. The fourth-order valence-corrected chi connectivity index (χ4v) is 2.17. The van der Waals surface area contributed by atoms with Crippen LogP contribution in [0.25, 0.3) is 0 Å². The molecule has 1 atom stereocenters. The van der Waals surface area contributed by atoms with E-state index < -0.39 is 0 Å². The molecule has 0 aromatic heterocycles. The van der Waals surface area contributed by atoms with E-state index in [0.29, 0.717) is 0 Å². The maximum absolute atomic E-state index is 3.55. The molecule has 72 valence electrons. The zero-order chi connectivity index (χ0) is 9.68. The summed E-state index contributed by atoms with van der Waals surface area (Å²) in [6.45, 7) is 4.40. The Hall–Kier alpha value is -0.300. The lowest BCUT2D eigenvalue weighted by molar-refractivity contribution is 0.573. The van der Waals surface area contributed by atoms with Crippen LogP contribution in [-0.2, 0) is 6.42 Å². The topological polar surface area (TPSA) is 0 Å². The van der Waals surface area contributed by atoms with E-state index in [2.05, 4.69) is 54.0 Å². The predicted octanol–water partition coefficient (Wildman–Crippen LogP) is 3.96. The molecule has 0 saturated carbocycles. The smallest absolute Gasteiger partial charge is 0.00627 e. The highest BCUT2D eigenvalue weighted by Crippen LogP contribution is 2.15. The average Bonchev–Trinajstić information content (AvgIpc) is 2.14. The zero-order valence-corrected chi connectivity index (χ0v) is 9.97. The summed E-state index contributed by atoms with van der Waals surface area (Å²) in [6.07, 6.45) is 2.45. The molecule has 0 aliphatic rings. The number of hydrogen-bond acceptors (Lipinski definition) is 0. The van der Waals surface area contributed by atoms with Gasteiger partial charge < -0.3 is 0 Å². The molecule has 0 fully saturated rings. The standard InChI is InChI=1S/C12H17Br/c1-3-11(9-13)8-12-6-4-5-10(2)7-12/h4-7,11H,3,8-9H2,1-2H3. The van der Waals surface area contributed by atoms with Gasteiger partial charge in [-0.3, -0.25) is 0 Å². The number of aryl methyl sites for hydroxylation is 1. The second-order valence-corrected chi connectivity index (χ2v) is 4.27. The molecule has 1 rings (SSSR count). The first kappa shape index (κ1) is 10.8. The van der Waals surface area contributed by atoms with Crippen LogP contribution in [0.4, 0.5) is 0 Å². The normalized spacial score (nSPS) is 12.8. The first-order valence-electron chi connectivity index (χ1n) is 4.87. The quantitative estimate of drug-likeness (QED) is 0.700. The van der Waals surface area contributed by atoms with E-state index >= 15 is 0 Å². The molecular weight excluding hydrogens is 224 g/mol. The molecule has 0 nitrogen and oxygen atoms in total. The summed E-state index contributed by atoms with van der Waals surface area (Å²) in [7, 11) is 0. The number of hydrogen-bond donors (Lipinski definition) is 0. The Morgan fingerprint density at radius 2 is 2.15 bits per heavy atom. The molecule has 0 aliphatic heterocycles. The van der Waals surface area contributed by atoms with Gasteiger partial charge >= 0.3 is 0 Å². The molecule has 1 heteroatoms. The van der Waals surface area contributed by atoms with Crippen molar-refractivity contribution < 1.29 is 0 Å². The first-order valence-corrected chi connectivity index (χ1v) is 6.00. The lowest BCUT2D eigenvalue weighted by atomic mass is 9.98. The van der Waals surface area contributed by atoms with E-state index in [0.717, 1.165) is 11.2 Å². The average molecular weight is 241 g/mol. The highest BCUT2D eigenvalue weighted by Gasteiger charge is 2.04. The van der Waals surface area contributed by atoms with E-state index in [1.54, 1.807) is 0 Å². The van der Waals surface area contributed by atoms with Crippen molar-refractivity contribution in [2.75, 3.05) is 5.33 Å². The van der Waals surface area contributed by atoms with Crippen molar-refractivity contribution in [2.24, 2.45) is 5.92 Å². The van der Waals surface area contributed by atoms with E-state index in [1.165, 1.54) is 24.0 Å². The SMILES string of the molecule is CCC(CBr)Cc1cccc(C)c1. The van der Waals surface area contributed by atoms with Crippen molar-refractivity contribution in [3.8, 4) is 0 Å². The highest BCUT2D eigenvalue weighted by molar-refractivity contribution is 9.09. The molecule has 0 N–H and O–H groups in total. The molecule has 0 saturated heterocycles. The van der Waals surface area contributed by atoms with Crippen LogP contribution in [0, 0.1) is 12.8 Å². The van der Waals surface area contributed by atoms with Crippen LogP contribution in [0.3, 0.4) is 0 Å². The minimum absolute atomic E-state index is 0.779. The third-order valence-electron chi connectivity index (χ3n) is 2.40. The van der Waals surface area contributed by atoms with Crippen LogP contribution >= 0.6 is 15.9 Å². The molecule has 0 radical (unpaired) electrons. The maximum Gasteiger partial charge on any atom is 0.00627 e. The summed E-state index contributed by atoms with van der Waals surface area (Å²) in [5, 5.41) is 1.11. The van der Waals surface area contributed by atoms with Gasteiger partial charge in [-0.25, -0.2) is 0 Å². The van der Waals surface area contributed by atoms with Crippen molar-refractivity contribution >= 4 is 15.9 Å². The third kappa shape index (κ3) is 3.51. The molecule has 1 aromatic carbocycles. The van der Waals surface area contributed by atoms with Gasteiger partial charge in [-0.15, -0.1) is 0 Å². The van der Waals surface area contributed by atoms with Gasteiger partial charge in [0.2, 0.25) is 0 Å². The fraction of sp³-hybridized carbons (Fsp3) is 0.500. The van der Waals surface area contributed by atoms with Gasteiger partial charge in [0, 0.05) is 5.33 Å². The van der Waals surface area contributed by atoms with Crippen molar-refractivity contribution in [3.63, 3.8) is 0 Å². The molecule has 0 bridgehead atoms. The molecule has 0 heterocycles. The lowest BCUT2D eigenvalue weighted by Crippen LogP contribution is -2.04. The van der Waals surface area contributed by atoms with Gasteiger partial charge in [0.25, 0.3) is 0 Å². The minimum atomic E-state index is 0.779. The minimum Gasteiger partial charge on any atom is -0.0925 e. The summed E-state index contributed by atoms with van der Waals surface area (Å²) in [6, 6.07) is 8.80. The fourth-order valence-electron chi connectivity index (χ4n) is 1.48. The third-order valence-corrected chi connectivity index (χ3v) is 3.32. The Morgan fingerprint density at radius 3 is 2.69 bits per heavy atom. The number of benzene rings is 1. The van der Waals surface area contributed by atoms with Gasteiger partial charge in [0.05, 0.1) is 0 Å². The Kier molecular flexibility index (Phi) is 4.51. The second kappa shape index (κ2) is 5.43. The molecule has 0 aliphatic carbocycles. The number of alkyl halides is 1. The lowest BCUT2D eigenvalue weighted by Gasteiger charge is -2.11. The van der Waals surface area contributed by atoms with Crippen molar-refractivity contribution in [1.82, 2.24) is 0 Å². The largest absolute Gasteiger partial charge is 0.0925 e. The van der Waals surface area contributed by atoms with E-state index in [-0.39, 0.29) is 0 Å². The summed E-state index contributed by atoms with van der Waals surface area (Å²) >= 11 is 3.55. The van der Waals surface area contributed by atoms with E-state index in [4.69, 9.17) is 0 Å². The summed E-state index contributed by atoms with van der Waals surface area (Å²) in [5.74, 6) is 0.779. The Bertz CT molecular complexity index is 251. The molecule has 1 aromatic rings. The van der Waals surface area contributed by atoms with Crippen LogP contribution in [0.2, 0.25) is 0 Å². The van der Waals surface area contributed by atoms with Gasteiger partial charge in [0.1, 0.15) is 0 Å². The summed E-state index contributed by atoms with van der Waals surface area (Å²) in [5.41, 5.74) is 2.83. The van der Waals surface area contributed by atoms with E-state index in [1.807, 2.05) is 0 Å². The van der Waals surface area contributed by atoms with Crippen LogP contribution in [0.5, 0.6) is 0 Å². The van der Waals surface area contributed by atoms with Crippen molar-refractivity contribution in [1.29, 1.82) is 0 Å². The van der Waals surface area contributed by atoms with Gasteiger partial charge in [0.15, 0.2) is 0 Å². The molecule has 1 unspecified atom stereocenters. The van der Waals surface area contributed by atoms with Crippen molar-refractivity contribution in [3.05, 3.63) is 35.4 Å². The Morgan fingerprint density at radius 1 is 1.38 bits per heavy atom. The van der Waals surface area contributed by atoms with Gasteiger partial charge in [-0.2, -0.15) is 0 Å². The highest BCUT2D eigenvalue weighted by atomic mass is 79.9. The second-order valence-electron chi connectivity index (χ2n) is 3.62. The number of rotatable bonds is 4. The molecule has 0 spiro atoms. The van der Waals surface area contributed by atoms with Crippen LogP contribution in [0.1, 0.15) is 24.5 Å². The first-order chi connectivity index (χ1) is 6.26. The van der Waals surface area contributed by atoms with Crippen LogP contribution < -0.4 is 0 Å². The van der Waals surface area contributed by atoms with Crippen molar-refractivity contribution in [2.45, 2.75) is 26.7 Å². The van der Waals surface area contributed by atoms with Crippen LogP contribution in [-0.4, -0.2) is 5.33 Å². The van der Waals surface area contributed by atoms with E-state index in [9.17, 15) is 0 Å². The van der Waals surface area contributed by atoms with Gasteiger partial charge in [-0.1, -0.05) is 59.1 Å². The Labute approximate surface area is 89.5 Å². The van der Waals surface area contributed by atoms with Crippen LogP contribution in [0.15, 0.2) is 24.3 Å². The molecule has 0 amide bonds. The Balaban J connectivity index is 2.62. The maximum atomic E-state index is 3.55. The summed E-state index contributed by atoms with van der Waals surface area (Å²) in [4.78, 5) is 0. The summed E-state index contributed by atoms with van der Waals surface area (Å²) < 4.78 is 0. The molecule has 13 heavy (non-hydrogen) atoms. The predicted molar refractivity (Wildman–Crippen MR) is 62.5 cm³/mol. The molecular formula is C12H17Br. The monoisotopic (exact) mass is 240 g/mol. The number of halogens is 1.